The number of benzene rings is 1. The number of carbonyl (C=O) groups excluding carboxylic acids is 1. The average Bonchev–Trinajstić information content (AvgIpc) is 2.88. The van der Waals surface area contributed by atoms with Crippen LogP contribution in [-0.2, 0) is 4.79 Å². The number of H-pyrrole nitrogens is 1. The number of aromatic nitrogens is 2. The predicted octanol–water partition coefficient (Wildman–Crippen LogP) is 3.36. The predicted molar refractivity (Wildman–Crippen MR) is 90.5 cm³/mol. The van der Waals surface area contributed by atoms with E-state index in [0.717, 1.165) is 34.8 Å². The number of ether oxygens (including phenoxy) is 1. The van der Waals surface area contributed by atoms with E-state index in [9.17, 15) is 4.79 Å². The van der Waals surface area contributed by atoms with Gasteiger partial charge < -0.3 is 15.0 Å². The standard InChI is InChI=1S/C16H23N3O2S/c1-4-6-11(3)17-15(20)10-22-16-18-13-8-7-12(21-5-2)9-14(13)19-16/h7-9,11H,4-6,10H2,1-3H3,(H,17,20)(H,18,19)/t11-/m1/s1. The summed E-state index contributed by atoms with van der Waals surface area (Å²) >= 11 is 1.41. The number of nitrogens with zero attached hydrogens (tertiary/aromatic N) is 1. The highest BCUT2D eigenvalue weighted by molar-refractivity contribution is 7.99. The molecule has 6 heteroatoms. The van der Waals surface area contributed by atoms with Crippen molar-refractivity contribution in [3.05, 3.63) is 18.2 Å². The lowest BCUT2D eigenvalue weighted by atomic mass is 10.2. The van der Waals surface area contributed by atoms with E-state index in [0.29, 0.717) is 12.4 Å². The van der Waals surface area contributed by atoms with E-state index in [2.05, 4.69) is 22.2 Å². The van der Waals surface area contributed by atoms with Gasteiger partial charge in [0, 0.05) is 12.1 Å². The van der Waals surface area contributed by atoms with Crippen LogP contribution in [0.2, 0.25) is 0 Å². The van der Waals surface area contributed by atoms with Crippen LogP contribution in [0.1, 0.15) is 33.6 Å². The quantitative estimate of drug-likeness (QED) is 0.732. The Bertz CT molecular complexity index is 627. The Morgan fingerprint density at radius 3 is 3.00 bits per heavy atom. The molecule has 120 valence electrons. The molecule has 1 heterocycles. The highest BCUT2D eigenvalue weighted by Gasteiger charge is 2.10. The molecule has 2 rings (SSSR count). The number of amides is 1. The molecular weight excluding hydrogens is 298 g/mol. The molecule has 2 N–H and O–H groups in total. The minimum absolute atomic E-state index is 0.0430. The van der Waals surface area contributed by atoms with Crippen LogP contribution in [0.15, 0.2) is 23.4 Å². The first-order valence-electron chi connectivity index (χ1n) is 7.67. The third-order valence-electron chi connectivity index (χ3n) is 3.21. The fraction of sp³-hybridized carbons (Fsp3) is 0.500. The van der Waals surface area contributed by atoms with E-state index >= 15 is 0 Å². The first kappa shape index (κ1) is 16.7. The molecule has 0 fully saturated rings. The van der Waals surface area contributed by atoms with E-state index in [-0.39, 0.29) is 11.9 Å². The van der Waals surface area contributed by atoms with Crippen molar-refractivity contribution in [2.45, 2.75) is 44.8 Å². The molecule has 1 atom stereocenters. The highest BCUT2D eigenvalue weighted by atomic mass is 32.2. The third-order valence-corrected chi connectivity index (χ3v) is 4.08. The Morgan fingerprint density at radius 2 is 2.27 bits per heavy atom. The van der Waals surface area contributed by atoms with Crippen LogP contribution >= 0.6 is 11.8 Å². The molecule has 1 aromatic carbocycles. The first-order valence-corrected chi connectivity index (χ1v) is 8.65. The number of aromatic amines is 1. The molecule has 1 amide bonds. The van der Waals surface area contributed by atoms with Gasteiger partial charge in [0.25, 0.3) is 0 Å². The van der Waals surface area contributed by atoms with Gasteiger partial charge in [0.1, 0.15) is 5.75 Å². The molecule has 0 aliphatic heterocycles. The number of nitrogens with one attached hydrogen (secondary N) is 2. The zero-order valence-electron chi connectivity index (χ0n) is 13.3. The first-order chi connectivity index (χ1) is 10.6. The van der Waals surface area contributed by atoms with Crippen molar-refractivity contribution in [2.24, 2.45) is 0 Å². The summed E-state index contributed by atoms with van der Waals surface area (Å²) in [6, 6.07) is 5.98. The lowest BCUT2D eigenvalue weighted by Crippen LogP contribution is -2.33. The number of hydrogen-bond donors (Lipinski definition) is 2. The van der Waals surface area contributed by atoms with Crippen LogP contribution < -0.4 is 10.1 Å². The maximum Gasteiger partial charge on any atom is 0.230 e. The SMILES string of the molecule is CCC[C@@H](C)NC(=O)CSc1nc2ccc(OCC)cc2[nH]1. The van der Waals surface area contributed by atoms with Crippen molar-refractivity contribution < 1.29 is 9.53 Å². The molecule has 22 heavy (non-hydrogen) atoms. The molecule has 0 saturated heterocycles. The van der Waals surface area contributed by atoms with Crippen molar-refractivity contribution in [1.29, 1.82) is 0 Å². The van der Waals surface area contributed by atoms with Gasteiger partial charge in [0.2, 0.25) is 5.91 Å². The second kappa shape index (κ2) is 8.08. The smallest absolute Gasteiger partial charge is 0.230 e. The summed E-state index contributed by atoms with van der Waals surface area (Å²) in [4.78, 5) is 19.6. The van der Waals surface area contributed by atoms with Gasteiger partial charge in [-0.15, -0.1) is 0 Å². The van der Waals surface area contributed by atoms with Crippen molar-refractivity contribution in [3.63, 3.8) is 0 Å². The Labute approximate surface area is 135 Å². The van der Waals surface area contributed by atoms with E-state index in [1.165, 1.54) is 11.8 Å². The zero-order valence-corrected chi connectivity index (χ0v) is 14.1. The Balaban J connectivity index is 1.93. The minimum Gasteiger partial charge on any atom is -0.494 e. The summed E-state index contributed by atoms with van der Waals surface area (Å²) in [5, 5.41) is 3.74. The van der Waals surface area contributed by atoms with Gasteiger partial charge in [-0.3, -0.25) is 4.79 Å². The number of hydrogen-bond acceptors (Lipinski definition) is 4. The third kappa shape index (κ3) is 4.66. The van der Waals surface area contributed by atoms with Crippen LogP contribution in [0.25, 0.3) is 11.0 Å². The number of thioether (sulfide) groups is 1. The van der Waals surface area contributed by atoms with E-state index in [1.54, 1.807) is 0 Å². The van der Waals surface area contributed by atoms with Crippen molar-refractivity contribution in [2.75, 3.05) is 12.4 Å². The summed E-state index contributed by atoms with van der Waals surface area (Å²) in [6.07, 6.45) is 2.07. The van der Waals surface area contributed by atoms with Gasteiger partial charge >= 0.3 is 0 Å². The van der Waals surface area contributed by atoms with Gasteiger partial charge in [0.15, 0.2) is 5.16 Å². The molecule has 0 radical (unpaired) electrons. The molecule has 0 bridgehead atoms. The summed E-state index contributed by atoms with van der Waals surface area (Å²) in [7, 11) is 0. The van der Waals surface area contributed by atoms with E-state index in [1.807, 2.05) is 32.0 Å². The van der Waals surface area contributed by atoms with E-state index in [4.69, 9.17) is 4.74 Å². The topological polar surface area (TPSA) is 67.0 Å². The fourth-order valence-electron chi connectivity index (χ4n) is 2.25. The van der Waals surface area contributed by atoms with Gasteiger partial charge in [-0.2, -0.15) is 0 Å². The number of imidazole rings is 1. The number of carbonyl (C=O) groups is 1. The van der Waals surface area contributed by atoms with Crippen LogP contribution in [0.5, 0.6) is 5.75 Å². The maximum absolute atomic E-state index is 11.9. The molecule has 0 unspecified atom stereocenters. The highest BCUT2D eigenvalue weighted by Crippen LogP contribution is 2.23. The maximum atomic E-state index is 11.9. The van der Waals surface area contributed by atoms with Gasteiger partial charge in [-0.05, 0) is 32.4 Å². The molecule has 1 aromatic heterocycles. The normalized spacial score (nSPS) is 12.3. The van der Waals surface area contributed by atoms with Gasteiger partial charge in [0.05, 0.1) is 23.4 Å². The van der Waals surface area contributed by atoms with Crippen LogP contribution in [0.4, 0.5) is 0 Å². The summed E-state index contributed by atoms with van der Waals surface area (Å²) in [5.74, 6) is 1.23. The second-order valence-electron chi connectivity index (χ2n) is 5.20. The zero-order chi connectivity index (χ0) is 15.9. The summed E-state index contributed by atoms with van der Waals surface area (Å²) in [6.45, 7) is 6.73. The number of fused-ring (bicyclic) bond motifs is 1. The van der Waals surface area contributed by atoms with Crippen molar-refractivity contribution in [1.82, 2.24) is 15.3 Å². The largest absolute Gasteiger partial charge is 0.494 e. The molecule has 0 aliphatic carbocycles. The molecule has 5 nitrogen and oxygen atoms in total. The minimum atomic E-state index is 0.0430. The molecule has 0 saturated carbocycles. The fourth-order valence-corrected chi connectivity index (χ4v) is 2.94. The second-order valence-corrected chi connectivity index (χ2v) is 6.16. The Hall–Kier alpha value is -1.69. The van der Waals surface area contributed by atoms with Crippen molar-refractivity contribution in [3.8, 4) is 5.75 Å². The van der Waals surface area contributed by atoms with Gasteiger partial charge in [-0.1, -0.05) is 25.1 Å². The lowest BCUT2D eigenvalue weighted by molar-refractivity contribution is -0.119. The summed E-state index contributed by atoms with van der Waals surface area (Å²) < 4.78 is 5.47. The van der Waals surface area contributed by atoms with Crippen LogP contribution in [0, 0.1) is 0 Å². The molecule has 0 aliphatic rings. The van der Waals surface area contributed by atoms with Crippen molar-refractivity contribution >= 4 is 28.7 Å². The van der Waals surface area contributed by atoms with Crippen LogP contribution in [-0.4, -0.2) is 34.3 Å². The monoisotopic (exact) mass is 321 g/mol. The lowest BCUT2D eigenvalue weighted by Gasteiger charge is -2.11. The van der Waals surface area contributed by atoms with Crippen LogP contribution in [0.3, 0.4) is 0 Å². The van der Waals surface area contributed by atoms with E-state index < -0.39 is 0 Å². The molecule has 2 aromatic rings. The molecule has 0 spiro atoms. The van der Waals surface area contributed by atoms with Gasteiger partial charge in [-0.25, -0.2) is 4.98 Å². The Kier molecular flexibility index (Phi) is 6.12. The summed E-state index contributed by atoms with van der Waals surface area (Å²) in [5.41, 5.74) is 1.80. The average molecular weight is 321 g/mol. The molecular formula is C16H23N3O2S. The Morgan fingerprint density at radius 1 is 1.45 bits per heavy atom. The number of rotatable bonds is 8.